The Hall–Kier alpha value is -1.79. The van der Waals surface area contributed by atoms with Crippen molar-refractivity contribution in [2.45, 2.75) is 13.0 Å². The number of hydrogen-bond donors (Lipinski definition) is 1. The van der Waals surface area contributed by atoms with E-state index < -0.39 is 0 Å². The van der Waals surface area contributed by atoms with Crippen molar-refractivity contribution in [1.82, 2.24) is 4.90 Å². The number of furan rings is 1. The average Bonchev–Trinajstić information content (AvgIpc) is 3.23. The molecular formula is C17H19BrN2O3. The number of carbonyl (C=O) groups is 1. The number of halogens is 1. The van der Waals surface area contributed by atoms with E-state index in [0.29, 0.717) is 37.1 Å². The molecular weight excluding hydrogens is 360 g/mol. The lowest BCUT2D eigenvalue weighted by Crippen LogP contribution is -2.29. The molecule has 5 nitrogen and oxygen atoms in total. The molecule has 1 aliphatic heterocycles. The van der Waals surface area contributed by atoms with Gasteiger partial charge in [-0.25, -0.2) is 0 Å². The Labute approximate surface area is 143 Å². The molecule has 0 radical (unpaired) electrons. The van der Waals surface area contributed by atoms with E-state index in [1.807, 2.05) is 24.3 Å². The third-order valence-electron chi connectivity index (χ3n) is 3.97. The van der Waals surface area contributed by atoms with Gasteiger partial charge in [-0.3, -0.25) is 4.79 Å². The number of hydrogen-bond acceptors (Lipinski definition) is 4. The summed E-state index contributed by atoms with van der Waals surface area (Å²) in [7, 11) is 0. The van der Waals surface area contributed by atoms with E-state index in [2.05, 4.69) is 15.9 Å². The van der Waals surface area contributed by atoms with Crippen molar-refractivity contribution in [3.8, 4) is 5.75 Å². The van der Waals surface area contributed by atoms with Gasteiger partial charge < -0.3 is 19.8 Å². The summed E-state index contributed by atoms with van der Waals surface area (Å²) >= 11 is 3.38. The maximum atomic E-state index is 12.4. The summed E-state index contributed by atoms with van der Waals surface area (Å²) in [5, 5.41) is 0. The Bertz CT molecular complexity index is 669. The molecule has 6 heteroatoms. The molecule has 1 fully saturated rings. The predicted molar refractivity (Wildman–Crippen MR) is 90.2 cm³/mol. The van der Waals surface area contributed by atoms with Crippen molar-refractivity contribution in [1.29, 1.82) is 0 Å². The van der Waals surface area contributed by atoms with Gasteiger partial charge in [0, 0.05) is 17.6 Å². The molecule has 3 rings (SSSR count). The molecule has 2 heterocycles. The third kappa shape index (κ3) is 3.95. The molecule has 23 heavy (non-hydrogen) atoms. The van der Waals surface area contributed by atoms with Crippen LogP contribution in [-0.4, -0.2) is 30.4 Å². The van der Waals surface area contributed by atoms with E-state index in [1.165, 1.54) is 0 Å². The SMILES string of the molecule is NCC1CCN(C(=O)c2ccc(COc3ccc(Br)cc3)o2)C1. The summed E-state index contributed by atoms with van der Waals surface area (Å²) in [6.07, 6.45) is 0.961. The largest absolute Gasteiger partial charge is 0.486 e. The fourth-order valence-corrected chi connectivity index (χ4v) is 2.89. The third-order valence-corrected chi connectivity index (χ3v) is 4.50. The molecule has 0 spiro atoms. The van der Waals surface area contributed by atoms with Crippen molar-refractivity contribution in [3.63, 3.8) is 0 Å². The Morgan fingerprint density at radius 2 is 2.09 bits per heavy atom. The molecule has 1 aromatic carbocycles. The van der Waals surface area contributed by atoms with Crippen molar-refractivity contribution in [3.05, 3.63) is 52.4 Å². The topological polar surface area (TPSA) is 68.7 Å². The van der Waals surface area contributed by atoms with Crippen LogP contribution in [0.5, 0.6) is 5.75 Å². The second kappa shape index (κ2) is 7.19. The van der Waals surface area contributed by atoms with E-state index in [9.17, 15) is 4.79 Å². The lowest BCUT2D eigenvalue weighted by molar-refractivity contribution is 0.0752. The highest BCUT2D eigenvalue weighted by Crippen LogP contribution is 2.21. The number of carbonyl (C=O) groups excluding carboxylic acids is 1. The maximum absolute atomic E-state index is 12.4. The van der Waals surface area contributed by atoms with Gasteiger partial charge in [0.05, 0.1) is 0 Å². The second-order valence-corrected chi connectivity index (χ2v) is 6.57. The van der Waals surface area contributed by atoms with Gasteiger partial charge in [0.2, 0.25) is 0 Å². The highest BCUT2D eigenvalue weighted by molar-refractivity contribution is 9.10. The molecule has 1 saturated heterocycles. The number of benzene rings is 1. The summed E-state index contributed by atoms with van der Waals surface area (Å²) in [5.74, 6) is 2.07. The minimum absolute atomic E-state index is 0.0733. The van der Waals surface area contributed by atoms with Crippen LogP contribution in [0.1, 0.15) is 22.7 Å². The first kappa shape index (κ1) is 16.1. The van der Waals surface area contributed by atoms with Gasteiger partial charge in [-0.15, -0.1) is 0 Å². The highest BCUT2D eigenvalue weighted by Gasteiger charge is 2.27. The maximum Gasteiger partial charge on any atom is 0.289 e. The highest BCUT2D eigenvalue weighted by atomic mass is 79.9. The van der Waals surface area contributed by atoms with Crippen molar-refractivity contribution in [2.75, 3.05) is 19.6 Å². The summed E-state index contributed by atoms with van der Waals surface area (Å²) in [4.78, 5) is 14.2. The number of nitrogens with two attached hydrogens (primary N) is 1. The van der Waals surface area contributed by atoms with Gasteiger partial charge in [-0.1, -0.05) is 15.9 Å². The Morgan fingerprint density at radius 3 is 2.78 bits per heavy atom. The standard InChI is InChI=1S/C17H19BrN2O3/c18-13-1-3-14(4-2-13)22-11-15-5-6-16(23-15)17(21)20-8-7-12(9-19)10-20/h1-6,12H,7-11,19H2. The first-order valence-corrected chi connectivity index (χ1v) is 8.41. The van der Waals surface area contributed by atoms with Gasteiger partial charge in [-0.2, -0.15) is 0 Å². The van der Waals surface area contributed by atoms with E-state index in [0.717, 1.165) is 23.2 Å². The van der Waals surface area contributed by atoms with Crippen LogP contribution in [0.2, 0.25) is 0 Å². The van der Waals surface area contributed by atoms with Gasteiger partial charge in [0.1, 0.15) is 18.1 Å². The molecule has 0 bridgehead atoms. The fraction of sp³-hybridized carbons (Fsp3) is 0.353. The molecule has 1 amide bonds. The van der Waals surface area contributed by atoms with Crippen LogP contribution in [0.25, 0.3) is 0 Å². The van der Waals surface area contributed by atoms with E-state index in [-0.39, 0.29) is 5.91 Å². The number of nitrogens with zero attached hydrogens (tertiary/aromatic N) is 1. The van der Waals surface area contributed by atoms with Crippen LogP contribution in [0.4, 0.5) is 0 Å². The molecule has 2 aromatic rings. The van der Waals surface area contributed by atoms with Gasteiger partial charge in [0.25, 0.3) is 5.91 Å². The van der Waals surface area contributed by atoms with Gasteiger partial charge in [-0.05, 0) is 55.3 Å². The average molecular weight is 379 g/mol. The molecule has 1 aliphatic rings. The Morgan fingerprint density at radius 1 is 1.30 bits per heavy atom. The van der Waals surface area contributed by atoms with Crippen LogP contribution < -0.4 is 10.5 Å². The molecule has 1 unspecified atom stereocenters. The molecule has 0 saturated carbocycles. The minimum Gasteiger partial charge on any atom is -0.486 e. The van der Waals surface area contributed by atoms with Crippen LogP contribution in [-0.2, 0) is 6.61 Å². The zero-order valence-corrected chi connectivity index (χ0v) is 14.3. The van der Waals surface area contributed by atoms with Crippen molar-refractivity contribution in [2.24, 2.45) is 11.7 Å². The van der Waals surface area contributed by atoms with E-state index in [1.54, 1.807) is 17.0 Å². The summed E-state index contributed by atoms with van der Waals surface area (Å²) in [5.41, 5.74) is 5.66. The van der Waals surface area contributed by atoms with Crippen LogP contribution in [0.15, 0.2) is 45.3 Å². The summed E-state index contributed by atoms with van der Waals surface area (Å²) in [6.45, 7) is 2.36. The van der Waals surface area contributed by atoms with E-state index >= 15 is 0 Å². The first-order chi connectivity index (χ1) is 11.2. The zero-order chi connectivity index (χ0) is 16.2. The van der Waals surface area contributed by atoms with Crippen LogP contribution in [0.3, 0.4) is 0 Å². The lowest BCUT2D eigenvalue weighted by Gasteiger charge is -2.14. The molecule has 2 N–H and O–H groups in total. The molecule has 122 valence electrons. The zero-order valence-electron chi connectivity index (χ0n) is 12.7. The van der Waals surface area contributed by atoms with Crippen LogP contribution >= 0.6 is 15.9 Å². The summed E-state index contributed by atoms with van der Waals surface area (Å²) < 4.78 is 12.3. The minimum atomic E-state index is -0.0733. The normalized spacial score (nSPS) is 17.5. The molecule has 1 atom stereocenters. The Kier molecular flexibility index (Phi) is 5.03. The fourth-order valence-electron chi connectivity index (χ4n) is 2.62. The predicted octanol–water partition coefficient (Wildman–Crippen LogP) is 3.04. The molecule has 1 aromatic heterocycles. The smallest absolute Gasteiger partial charge is 0.289 e. The number of likely N-dealkylation sites (tertiary alicyclic amines) is 1. The second-order valence-electron chi connectivity index (χ2n) is 5.65. The van der Waals surface area contributed by atoms with Crippen LogP contribution in [0, 0.1) is 5.92 Å². The Balaban J connectivity index is 1.57. The van der Waals surface area contributed by atoms with Crippen molar-refractivity contribution < 1.29 is 13.9 Å². The molecule has 0 aliphatic carbocycles. The lowest BCUT2D eigenvalue weighted by atomic mass is 10.1. The number of rotatable bonds is 5. The number of ether oxygens (including phenoxy) is 1. The van der Waals surface area contributed by atoms with Crippen molar-refractivity contribution >= 4 is 21.8 Å². The van der Waals surface area contributed by atoms with Gasteiger partial charge in [0.15, 0.2) is 5.76 Å². The summed E-state index contributed by atoms with van der Waals surface area (Å²) in [6, 6.07) is 11.1. The quantitative estimate of drug-likeness (QED) is 0.867. The van der Waals surface area contributed by atoms with E-state index in [4.69, 9.17) is 14.9 Å². The van der Waals surface area contributed by atoms with Gasteiger partial charge >= 0.3 is 0 Å². The number of amides is 1. The first-order valence-electron chi connectivity index (χ1n) is 7.62. The monoisotopic (exact) mass is 378 g/mol.